The number of hydrogen-bond donors (Lipinski definition) is 0. The molecule has 0 saturated carbocycles. The van der Waals surface area contributed by atoms with Crippen LogP contribution in [0, 0.1) is 6.92 Å². The van der Waals surface area contributed by atoms with Crippen LogP contribution < -0.4 is 9.47 Å². The summed E-state index contributed by atoms with van der Waals surface area (Å²) in [7, 11) is 3.31. The van der Waals surface area contributed by atoms with E-state index < -0.39 is 0 Å². The molecular weight excluding hydrogens is 386 g/mol. The predicted octanol–water partition coefficient (Wildman–Crippen LogP) is 4.08. The van der Waals surface area contributed by atoms with Gasteiger partial charge in [-0.3, -0.25) is 9.69 Å². The summed E-state index contributed by atoms with van der Waals surface area (Å²) in [6.07, 6.45) is 1.14. The second-order valence-electron chi connectivity index (χ2n) is 6.99. The molecule has 29 heavy (non-hydrogen) atoms. The number of likely N-dealkylation sites (tertiary alicyclic amines) is 1. The number of rotatable bonds is 6. The van der Waals surface area contributed by atoms with Gasteiger partial charge in [0.25, 0.3) is 0 Å². The second-order valence-corrected chi connectivity index (χ2v) is 7.85. The zero-order valence-electron chi connectivity index (χ0n) is 18.4. The number of ether oxygens (including phenoxy) is 2. The number of nitrogens with zero attached hydrogens (tertiary/aromatic N) is 3. The quantitative estimate of drug-likeness (QED) is 0.706. The molecule has 3 rings (SSSR count). The average Bonchev–Trinajstić information content (AvgIpc) is 3.38. The number of aromatic nitrogens is 1. The molecule has 2 aromatic rings. The van der Waals surface area contributed by atoms with E-state index in [2.05, 4.69) is 23.7 Å². The SMILES string of the molecule is CCN(CC)C1CCN(C(C)=O)C1.COc1ccc(OC)c(-c2nc(C)cs2)c1. The summed E-state index contributed by atoms with van der Waals surface area (Å²) < 4.78 is 10.5. The fourth-order valence-electron chi connectivity index (χ4n) is 3.52. The van der Waals surface area contributed by atoms with Gasteiger partial charge in [-0.15, -0.1) is 11.3 Å². The van der Waals surface area contributed by atoms with Crippen LogP contribution in [0.1, 0.15) is 32.9 Å². The van der Waals surface area contributed by atoms with Gasteiger partial charge in [0.05, 0.1) is 19.8 Å². The third kappa shape index (κ3) is 6.18. The Morgan fingerprint density at radius 3 is 2.48 bits per heavy atom. The van der Waals surface area contributed by atoms with Crippen molar-refractivity contribution in [3.63, 3.8) is 0 Å². The topological polar surface area (TPSA) is 54.9 Å². The first-order chi connectivity index (χ1) is 13.9. The highest BCUT2D eigenvalue weighted by molar-refractivity contribution is 7.13. The summed E-state index contributed by atoms with van der Waals surface area (Å²) in [6, 6.07) is 6.31. The molecule has 1 amide bonds. The third-order valence-corrected chi connectivity index (χ3v) is 6.19. The summed E-state index contributed by atoms with van der Waals surface area (Å²) in [4.78, 5) is 19.9. The Bertz CT molecular complexity index is 789. The van der Waals surface area contributed by atoms with Crippen LogP contribution in [-0.2, 0) is 4.79 Å². The number of methoxy groups -OCH3 is 2. The van der Waals surface area contributed by atoms with Gasteiger partial charge < -0.3 is 14.4 Å². The molecule has 1 atom stereocenters. The number of aryl methyl sites for hydroxylation is 1. The third-order valence-electron chi connectivity index (χ3n) is 5.19. The van der Waals surface area contributed by atoms with E-state index in [0.29, 0.717) is 6.04 Å². The monoisotopic (exact) mass is 419 g/mol. The molecule has 1 aliphatic heterocycles. The fraction of sp³-hybridized carbons (Fsp3) is 0.545. The van der Waals surface area contributed by atoms with Crippen LogP contribution in [0.4, 0.5) is 0 Å². The summed E-state index contributed by atoms with van der Waals surface area (Å²) in [6.45, 7) is 12.0. The molecule has 160 valence electrons. The first-order valence-corrected chi connectivity index (χ1v) is 10.9. The van der Waals surface area contributed by atoms with E-state index >= 15 is 0 Å². The van der Waals surface area contributed by atoms with Gasteiger partial charge in [-0.1, -0.05) is 13.8 Å². The Morgan fingerprint density at radius 2 is 2.00 bits per heavy atom. The minimum atomic E-state index is 0.217. The van der Waals surface area contributed by atoms with Crippen LogP contribution in [0.25, 0.3) is 10.6 Å². The number of thiazole rings is 1. The van der Waals surface area contributed by atoms with Crippen molar-refractivity contribution in [3.8, 4) is 22.1 Å². The van der Waals surface area contributed by atoms with Crippen LogP contribution in [0.2, 0.25) is 0 Å². The average molecular weight is 420 g/mol. The van der Waals surface area contributed by atoms with Crippen molar-refractivity contribution in [2.24, 2.45) is 0 Å². The summed E-state index contributed by atoms with van der Waals surface area (Å²) in [5.74, 6) is 1.84. The van der Waals surface area contributed by atoms with Gasteiger partial charge in [0, 0.05) is 37.1 Å². The van der Waals surface area contributed by atoms with Crippen molar-refractivity contribution in [2.75, 3.05) is 40.4 Å². The first kappa shape index (κ1) is 23.2. The maximum atomic E-state index is 11.1. The van der Waals surface area contributed by atoms with E-state index in [0.717, 1.165) is 60.4 Å². The number of likely N-dealkylation sites (N-methyl/N-ethyl adjacent to an activating group) is 1. The van der Waals surface area contributed by atoms with Crippen LogP contribution in [0.3, 0.4) is 0 Å². The maximum absolute atomic E-state index is 11.1. The van der Waals surface area contributed by atoms with Gasteiger partial charge in [0.2, 0.25) is 5.91 Å². The summed E-state index contributed by atoms with van der Waals surface area (Å²) in [5, 5.41) is 2.97. The number of carbonyl (C=O) groups is 1. The van der Waals surface area contributed by atoms with Gasteiger partial charge in [-0.2, -0.15) is 0 Å². The Morgan fingerprint density at radius 1 is 1.28 bits per heavy atom. The smallest absolute Gasteiger partial charge is 0.219 e. The van der Waals surface area contributed by atoms with Gasteiger partial charge in [-0.05, 0) is 44.6 Å². The molecule has 0 aliphatic carbocycles. The zero-order valence-corrected chi connectivity index (χ0v) is 19.2. The van der Waals surface area contributed by atoms with Gasteiger partial charge in [0.15, 0.2) is 0 Å². The van der Waals surface area contributed by atoms with E-state index in [1.807, 2.05) is 35.4 Å². The molecule has 0 spiro atoms. The molecule has 0 N–H and O–H groups in total. The van der Waals surface area contributed by atoms with Crippen molar-refractivity contribution < 1.29 is 14.3 Å². The normalized spacial score (nSPS) is 15.8. The van der Waals surface area contributed by atoms with E-state index in [4.69, 9.17) is 9.47 Å². The highest BCUT2D eigenvalue weighted by Crippen LogP contribution is 2.34. The van der Waals surface area contributed by atoms with E-state index in [-0.39, 0.29) is 5.91 Å². The van der Waals surface area contributed by atoms with Crippen LogP contribution in [0.5, 0.6) is 11.5 Å². The van der Waals surface area contributed by atoms with E-state index in [1.54, 1.807) is 32.5 Å². The Balaban J connectivity index is 0.000000212. The minimum Gasteiger partial charge on any atom is -0.497 e. The lowest BCUT2D eigenvalue weighted by Gasteiger charge is -2.25. The van der Waals surface area contributed by atoms with Crippen LogP contribution in [-0.4, -0.2) is 67.1 Å². The summed E-state index contributed by atoms with van der Waals surface area (Å²) in [5.41, 5.74) is 1.99. The molecule has 2 heterocycles. The fourth-order valence-corrected chi connectivity index (χ4v) is 4.34. The summed E-state index contributed by atoms with van der Waals surface area (Å²) >= 11 is 1.60. The van der Waals surface area contributed by atoms with Crippen LogP contribution in [0.15, 0.2) is 23.6 Å². The lowest BCUT2D eigenvalue weighted by atomic mass is 10.2. The minimum absolute atomic E-state index is 0.217. The highest BCUT2D eigenvalue weighted by Gasteiger charge is 2.27. The van der Waals surface area contributed by atoms with Crippen molar-refractivity contribution >= 4 is 17.2 Å². The molecule has 1 aromatic heterocycles. The number of amides is 1. The Labute approximate surface area is 178 Å². The van der Waals surface area contributed by atoms with Gasteiger partial charge in [-0.25, -0.2) is 4.98 Å². The Kier molecular flexibility index (Phi) is 8.92. The van der Waals surface area contributed by atoms with Crippen molar-refractivity contribution in [1.29, 1.82) is 0 Å². The largest absolute Gasteiger partial charge is 0.497 e. The van der Waals surface area contributed by atoms with Crippen molar-refractivity contribution in [3.05, 3.63) is 29.3 Å². The second kappa shape index (κ2) is 11.2. The van der Waals surface area contributed by atoms with Crippen molar-refractivity contribution in [2.45, 2.75) is 40.2 Å². The maximum Gasteiger partial charge on any atom is 0.219 e. The van der Waals surface area contributed by atoms with Crippen LogP contribution >= 0.6 is 11.3 Å². The molecule has 1 aromatic carbocycles. The van der Waals surface area contributed by atoms with Gasteiger partial charge in [0.1, 0.15) is 16.5 Å². The van der Waals surface area contributed by atoms with E-state index in [1.165, 1.54) is 0 Å². The lowest BCUT2D eigenvalue weighted by molar-refractivity contribution is -0.127. The molecule has 6 nitrogen and oxygen atoms in total. The molecule has 1 aliphatic rings. The standard InChI is InChI=1S/C12H13NO2S.C10H20N2O/c1-8-7-16-12(13-8)10-6-9(14-2)4-5-11(10)15-3;1-4-11(5-2)10-6-7-12(8-10)9(3)13/h4-7H,1-3H3;10H,4-8H2,1-3H3. The number of carbonyl (C=O) groups excluding carboxylic acids is 1. The Hall–Kier alpha value is -2.12. The molecule has 1 unspecified atom stereocenters. The lowest BCUT2D eigenvalue weighted by Crippen LogP contribution is -2.38. The molecule has 0 radical (unpaired) electrons. The van der Waals surface area contributed by atoms with E-state index in [9.17, 15) is 4.79 Å². The predicted molar refractivity (Wildman–Crippen MR) is 119 cm³/mol. The number of hydrogen-bond acceptors (Lipinski definition) is 6. The van der Waals surface area contributed by atoms with Gasteiger partial charge >= 0.3 is 0 Å². The zero-order chi connectivity index (χ0) is 21.4. The first-order valence-electron chi connectivity index (χ1n) is 10.1. The molecule has 1 saturated heterocycles. The highest BCUT2D eigenvalue weighted by atomic mass is 32.1. The molecule has 1 fully saturated rings. The molecule has 7 heteroatoms. The van der Waals surface area contributed by atoms with Crippen molar-refractivity contribution in [1.82, 2.24) is 14.8 Å². The molecule has 0 bridgehead atoms. The number of benzene rings is 1. The molecular formula is C22H33N3O3S.